The molecule has 0 bridgehead atoms. The molecule has 1 N–H and O–H groups in total. The van der Waals surface area contributed by atoms with Gasteiger partial charge in [-0.3, -0.25) is 0 Å². The molecule has 5 heteroatoms. The number of hydrogen-bond donors (Lipinski definition) is 1. The molecule has 0 atom stereocenters. The number of nitrogens with one attached hydrogen (secondary N) is 1. The Hall–Kier alpha value is -1.39. The van der Waals surface area contributed by atoms with Crippen LogP contribution in [0, 0.1) is 0 Å². The van der Waals surface area contributed by atoms with E-state index in [0.717, 1.165) is 26.6 Å². The quantitative estimate of drug-likeness (QED) is 0.689. The lowest BCUT2D eigenvalue weighted by Gasteiger charge is -1.99. The van der Waals surface area contributed by atoms with Crippen LogP contribution in [-0.4, -0.2) is 15.0 Å². The summed E-state index contributed by atoms with van der Waals surface area (Å²) in [4.78, 5) is 11.3. The first-order valence-corrected chi connectivity index (χ1v) is 6.17. The lowest BCUT2D eigenvalue weighted by molar-refractivity contribution is 1.17. The van der Waals surface area contributed by atoms with Crippen LogP contribution in [0.5, 0.6) is 0 Å². The molecule has 17 heavy (non-hydrogen) atoms. The predicted octanol–water partition coefficient (Wildman–Crippen LogP) is 4.04. The molecule has 0 spiro atoms. The second-order valence-electron chi connectivity index (χ2n) is 3.60. The molecule has 3 nitrogen and oxygen atoms in total. The number of hydrogen-bond acceptors (Lipinski definition) is 2. The Morgan fingerprint density at radius 3 is 2.94 bits per heavy atom. The van der Waals surface area contributed by atoms with E-state index in [4.69, 9.17) is 11.6 Å². The molecule has 0 aliphatic carbocycles. The molecule has 0 aliphatic heterocycles. The molecule has 3 rings (SSSR count). The summed E-state index contributed by atoms with van der Waals surface area (Å²) in [7, 11) is 0. The lowest BCUT2D eigenvalue weighted by Crippen LogP contribution is -1.85. The molecule has 0 saturated carbocycles. The first-order valence-electron chi connectivity index (χ1n) is 4.99. The minimum atomic E-state index is 0.258. The molecule has 0 amide bonds. The van der Waals surface area contributed by atoms with Gasteiger partial charge in [0.15, 0.2) is 0 Å². The fourth-order valence-electron chi connectivity index (χ4n) is 1.80. The van der Waals surface area contributed by atoms with Gasteiger partial charge >= 0.3 is 0 Å². The van der Waals surface area contributed by atoms with Crippen molar-refractivity contribution < 1.29 is 0 Å². The topological polar surface area (TPSA) is 41.6 Å². The second kappa shape index (κ2) is 4.13. The first-order chi connectivity index (χ1) is 8.24. The Morgan fingerprint density at radius 1 is 1.24 bits per heavy atom. The van der Waals surface area contributed by atoms with Crippen LogP contribution in [0.2, 0.25) is 5.28 Å². The van der Waals surface area contributed by atoms with Crippen LogP contribution in [-0.2, 0) is 0 Å². The van der Waals surface area contributed by atoms with Crippen molar-refractivity contribution in [2.75, 3.05) is 0 Å². The van der Waals surface area contributed by atoms with Crippen molar-refractivity contribution >= 4 is 38.4 Å². The third kappa shape index (κ3) is 1.94. The van der Waals surface area contributed by atoms with Gasteiger partial charge in [-0.25, -0.2) is 9.97 Å². The minimum absolute atomic E-state index is 0.258. The molecule has 0 radical (unpaired) electrons. The highest BCUT2D eigenvalue weighted by Crippen LogP contribution is 2.29. The van der Waals surface area contributed by atoms with E-state index in [2.05, 4.69) is 30.9 Å². The van der Waals surface area contributed by atoms with Gasteiger partial charge in [-0.05, 0) is 29.8 Å². The van der Waals surface area contributed by atoms with Gasteiger partial charge in [0, 0.05) is 33.3 Å². The Kier molecular flexibility index (Phi) is 2.61. The van der Waals surface area contributed by atoms with Crippen LogP contribution in [0.1, 0.15) is 0 Å². The number of rotatable bonds is 1. The Bertz CT molecular complexity index is 693. The number of aromatic nitrogens is 3. The van der Waals surface area contributed by atoms with Gasteiger partial charge in [0.25, 0.3) is 0 Å². The fraction of sp³-hybridized carbons (Fsp3) is 0. The van der Waals surface area contributed by atoms with E-state index >= 15 is 0 Å². The van der Waals surface area contributed by atoms with Crippen LogP contribution in [0.4, 0.5) is 0 Å². The van der Waals surface area contributed by atoms with E-state index < -0.39 is 0 Å². The van der Waals surface area contributed by atoms with Gasteiger partial charge in [-0.15, -0.1) is 0 Å². The van der Waals surface area contributed by atoms with Gasteiger partial charge in [-0.1, -0.05) is 22.0 Å². The molecule has 0 unspecified atom stereocenters. The molecule has 2 aromatic heterocycles. The summed E-state index contributed by atoms with van der Waals surface area (Å²) in [6, 6.07) is 7.92. The van der Waals surface area contributed by atoms with Gasteiger partial charge < -0.3 is 4.98 Å². The van der Waals surface area contributed by atoms with Crippen LogP contribution in [0.15, 0.2) is 41.1 Å². The van der Waals surface area contributed by atoms with Crippen molar-refractivity contribution in [1.82, 2.24) is 15.0 Å². The summed E-state index contributed by atoms with van der Waals surface area (Å²) in [5.74, 6) is 0. The van der Waals surface area contributed by atoms with Crippen molar-refractivity contribution in [3.8, 4) is 11.3 Å². The number of H-pyrrole nitrogens is 1. The molecule has 2 heterocycles. The first kappa shape index (κ1) is 10.7. The lowest BCUT2D eigenvalue weighted by atomic mass is 10.1. The number of fused-ring (bicyclic) bond motifs is 1. The number of halogens is 2. The van der Waals surface area contributed by atoms with Crippen molar-refractivity contribution in [2.24, 2.45) is 0 Å². The minimum Gasteiger partial charge on any atom is -0.360 e. The van der Waals surface area contributed by atoms with Gasteiger partial charge in [0.2, 0.25) is 5.28 Å². The van der Waals surface area contributed by atoms with E-state index in [1.807, 2.05) is 30.5 Å². The van der Waals surface area contributed by atoms with E-state index in [0.29, 0.717) is 0 Å². The fourth-order valence-corrected chi connectivity index (χ4v) is 2.30. The maximum Gasteiger partial charge on any atom is 0.222 e. The molecular weight excluding hydrogens is 302 g/mol. The van der Waals surface area contributed by atoms with Crippen molar-refractivity contribution in [1.29, 1.82) is 0 Å². The number of benzene rings is 1. The molecule has 84 valence electrons. The average Bonchev–Trinajstić information content (AvgIpc) is 2.71. The molecule has 0 fully saturated rings. The van der Waals surface area contributed by atoms with Crippen LogP contribution in [0.3, 0.4) is 0 Å². The largest absolute Gasteiger partial charge is 0.360 e. The summed E-state index contributed by atoms with van der Waals surface area (Å²) in [5, 5.41) is 1.37. The van der Waals surface area contributed by atoms with E-state index in [9.17, 15) is 0 Å². The molecule has 0 aliphatic rings. The number of nitrogens with zero attached hydrogens (tertiary/aromatic N) is 2. The summed E-state index contributed by atoms with van der Waals surface area (Å²) < 4.78 is 1.04. The van der Waals surface area contributed by atoms with E-state index in [-0.39, 0.29) is 5.28 Å². The molecular formula is C12H7BrClN3. The zero-order valence-electron chi connectivity index (χ0n) is 8.61. The third-order valence-corrected chi connectivity index (χ3v) is 3.22. The third-order valence-electron chi connectivity index (χ3n) is 2.55. The Morgan fingerprint density at radius 2 is 2.12 bits per heavy atom. The van der Waals surface area contributed by atoms with Crippen LogP contribution >= 0.6 is 27.5 Å². The average molecular weight is 309 g/mol. The van der Waals surface area contributed by atoms with Crippen LogP contribution < -0.4 is 0 Å². The smallest absolute Gasteiger partial charge is 0.222 e. The zero-order chi connectivity index (χ0) is 11.8. The van der Waals surface area contributed by atoms with E-state index in [1.54, 1.807) is 6.20 Å². The van der Waals surface area contributed by atoms with Gasteiger partial charge in [-0.2, -0.15) is 0 Å². The monoisotopic (exact) mass is 307 g/mol. The van der Waals surface area contributed by atoms with Crippen molar-refractivity contribution in [3.63, 3.8) is 0 Å². The maximum absolute atomic E-state index is 5.80. The van der Waals surface area contributed by atoms with Crippen molar-refractivity contribution in [3.05, 3.63) is 46.4 Å². The van der Waals surface area contributed by atoms with Crippen LogP contribution in [0.25, 0.3) is 22.2 Å². The van der Waals surface area contributed by atoms with Gasteiger partial charge in [0.1, 0.15) is 0 Å². The molecule has 0 saturated heterocycles. The normalized spacial score (nSPS) is 10.9. The summed E-state index contributed by atoms with van der Waals surface area (Å²) in [5.41, 5.74) is 2.90. The Balaban J connectivity index is 2.24. The highest BCUT2D eigenvalue weighted by atomic mass is 79.9. The standard InChI is InChI=1S/C12H7BrClN3/c13-7-1-2-8-9(6-16-11(8)5-7)10-3-4-15-12(14)17-10/h1-6,16H. The maximum atomic E-state index is 5.80. The molecule has 1 aromatic carbocycles. The van der Waals surface area contributed by atoms with Gasteiger partial charge in [0.05, 0.1) is 5.69 Å². The SMILES string of the molecule is Clc1nccc(-c2c[nH]c3cc(Br)ccc23)n1. The predicted molar refractivity (Wildman–Crippen MR) is 72.0 cm³/mol. The summed E-state index contributed by atoms with van der Waals surface area (Å²) >= 11 is 9.24. The van der Waals surface area contributed by atoms with E-state index in [1.165, 1.54) is 0 Å². The molecule has 3 aromatic rings. The van der Waals surface area contributed by atoms with Crippen molar-refractivity contribution in [2.45, 2.75) is 0 Å². The number of aromatic amines is 1. The summed E-state index contributed by atoms with van der Waals surface area (Å²) in [6.07, 6.45) is 3.58. The Labute approximate surface area is 111 Å². The highest BCUT2D eigenvalue weighted by Gasteiger charge is 2.08. The second-order valence-corrected chi connectivity index (χ2v) is 4.86. The summed E-state index contributed by atoms with van der Waals surface area (Å²) in [6.45, 7) is 0. The zero-order valence-corrected chi connectivity index (χ0v) is 11.0. The highest BCUT2D eigenvalue weighted by molar-refractivity contribution is 9.10.